The highest BCUT2D eigenvalue weighted by molar-refractivity contribution is 5.96. The van der Waals surface area contributed by atoms with Crippen LogP contribution in [0.4, 0.5) is 4.39 Å². The molecule has 2 heterocycles. The van der Waals surface area contributed by atoms with Crippen LogP contribution in [0.15, 0.2) is 36.4 Å². The van der Waals surface area contributed by atoms with Gasteiger partial charge in [-0.15, -0.1) is 0 Å². The maximum atomic E-state index is 13.4. The van der Waals surface area contributed by atoms with Gasteiger partial charge in [0.05, 0.1) is 6.61 Å². The predicted octanol–water partition coefficient (Wildman–Crippen LogP) is 2.67. The topological polar surface area (TPSA) is 49.9 Å². The summed E-state index contributed by atoms with van der Waals surface area (Å²) in [4.78, 5) is 28.9. The van der Waals surface area contributed by atoms with Gasteiger partial charge in [-0.1, -0.05) is 0 Å². The highest BCUT2D eigenvalue weighted by atomic mass is 19.1. The van der Waals surface area contributed by atoms with E-state index in [0.717, 1.165) is 17.7 Å². The van der Waals surface area contributed by atoms with E-state index in [1.54, 1.807) is 28.9 Å². The van der Waals surface area contributed by atoms with E-state index in [2.05, 4.69) is 0 Å². The van der Waals surface area contributed by atoms with Crippen LogP contribution in [-0.2, 0) is 6.42 Å². The first-order chi connectivity index (χ1) is 13.0. The van der Waals surface area contributed by atoms with Crippen LogP contribution >= 0.6 is 0 Å². The molecule has 0 bridgehead atoms. The summed E-state index contributed by atoms with van der Waals surface area (Å²) in [6, 6.07) is 9.96. The molecule has 0 aliphatic carbocycles. The molecule has 2 aliphatic heterocycles. The second kappa shape index (κ2) is 7.02. The number of hydrogen-bond acceptors (Lipinski definition) is 3. The molecule has 0 saturated carbocycles. The van der Waals surface area contributed by atoms with E-state index in [1.165, 1.54) is 12.1 Å². The Bertz CT molecular complexity index is 904. The minimum Gasteiger partial charge on any atom is -0.493 e. The fourth-order valence-corrected chi connectivity index (χ4v) is 3.58. The Balaban J connectivity index is 1.40. The summed E-state index contributed by atoms with van der Waals surface area (Å²) in [6.07, 6.45) is 0.829. The Morgan fingerprint density at radius 2 is 1.52 bits per heavy atom. The van der Waals surface area contributed by atoms with Crippen LogP contribution in [-0.4, -0.2) is 54.4 Å². The first-order valence-corrected chi connectivity index (χ1v) is 9.13. The van der Waals surface area contributed by atoms with E-state index in [-0.39, 0.29) is 17.6 Å². The minimum absolute atomic E-state index is 0.0191. The number of carbonyl (C=O) groups is 2. The van der Waals surface area contributed by atoms with Crippen LogP contribution in [0.25, 0.3) is 0 Å². The highest BCUT2D eigenvalue weighted by Crippen LogP contribution is 2.26. The number of nitrogens with zero attached hydrogens (tertiary/aromatic N) is 2. The van der Waals surface area contributed by atoms with Crippen molar-refractivity contribution in [2.45, 2.75) is 13.3 Å². The second-order valence-corrected chi connectivity index (χ2v) is 6.97. The summed E-state index contributed by atoms with van der Waals surface area (Å²) in [5.74, 6) is 0.396. The van der Waals surface area contributed by atoms with Gasteiger partial charge in [-0.05, 0) is 54.4 Å². The molecule has 0 aromatic heterocycles. The number of amides is 2. The number of rotatable bonds is 2. The van der Waals surface area contributed by atoms with Crippen LogP contribution < -0.4 is 4.74 Å². The molecule has 0 spiro atoms. The predicted molar refractivity (Wildman–Crippen MR) is 98.6 cm³/mol. The summed E-state index contributed by atoms with van der Waals surface area (Å²) >= 11 is 0. The summed E-state index contributed by atoms with van der Waals surface area (Å²) in [5, 5.41) is 0. The molecular formula is C21H21FN2O3. The largest absolute Gasteiger partial charge is 0.493 e. The van der Waals surface area contributed by atoms with E-state index in [0.29, 0.717) is 49.5 Å². The fourth-order valence-electron chi connectivity index (χ4n) is 3.58. The standard InChI is InChI=1S/C21H21FN2O3/c1-14-12-16(2-4-18(14)22)20(25)23-7-9-24(10-8-23)21(26)17-3-5-19-15(13-17)6-11-27-19/h2-5,12-13H,6-11H2,1H3. The van der Waals surface area contributed by atoms with Crippen LogP contribution in [0.3, 0.4) is 0 Å². The first-order valence-electron chi connectivity index (χ1n) is 9.13. The number of aryl methyl sites for hydroxylation is 1. The Morgan fingerprint density at radius 3 is 2.15 bits per heavy atom. The van der Waals surface area contributed by atoms with Gasteiger partial charge in [-0.25, -0.2) is 4.39 Å². The number of halogens is 1. The van der Waals surface area contributed by atoms with Crippen molar-refractivity contribution in [2.75, 3.05) is 32.8 Å². The molecule has 2 aromatic rings. The Labute approximate surface area is 157 Å². The summed E-state index contributed by atoms with van der Waals surface area (Å²) < 4.78 is 18.9. The number of ether oxygens (including phenoxy) is 1. The SMILES string of the molecule is Cc1cc(C(=O)N2CCN(C(=O)c3ccc4c(c3)CCO4)CC2)ccc1F. The zero-order chi connectivity index (χ0) is 19.0. The zero-order valence-corrected chi connectivity index (χ0v) is 15.2. The molecule has 2 amide bonds. The number of hydrogen-bond donors (Lipinski definition) is 0. The highest BCUT2D eigenvalue weighted by Gasteiger charge is 2.26. The summed E-state index contributed by atoms with van der Waals surface area (Å²) in [7, 11) is 0. The maximum absolute atomic E-state index is 13.4. The molecule has 0 radical (unpaired) electrons. The van der Waals surface area contributed by atoms with Gasteiger partial charge in [0.1, 0.15) is 11.6 Å². The average Bonchev–Trinajstić information content (AvgIpc) is 3.17. The molecule has 1 fully saturated rings. The molecule has 1 saturated heterocycles. The third-order valence-electron chi connectivity index (χ3n) is 5.20. The smallest absolute Gasteiger partial charge is 0.253 e. The molecule has 6 heteroatoms. The van der Waals surface area contributed by atoms with Crippen molar-refractivity contribution in [3.8, 4) is 5.75 Å². The van der Waals surface area contributed by atoms with Crippen LogP contribution in [0, 0.1) is 12.7 Å². The Kier molecular flexibility index (Phi) is 4.56. The molecule has 27 heavy (non-hydrogen) atoms. The minimum atomic E-state index is -0.318. The van der Waals surface area contributed by atoms with Gasteiger partial charge in [0.25, 0.3) is 11.8 Å². The lowest BCUT2D eigenvalue weighted by Gasteiger charge is -2.35. The molecular weight excluding hydrogens is 347 g/mol. The van der Waals surface area contributed by atoms with Crippen molar-refractivity contribution in [1.82, 2.24) is 9.80 Å². The van der Waals surface area contributed by atoms with Crippen molar-refractivity contribution in [3.63, 3.8) is 0 Å². The lowest BCUT2D eigenvalue weighted by Crippen LogP contribution is -2.50. The molecule has 0 atom stereocenters. The lowest BCUT2D eigenvalue weighted by molar-refractivity contribution is 0.0535. The van der Waals surface area contributed by atoms with Gasteiger partial charge in [0.15, 0.2) is 0 Å². The van der Waals surface area contributed by atoms with E-state index in [4.69, 9.17) is 4.74 Å². The number of benzene rings is 2. The molecule has 2 aromatic carbocycles. The molecule has 0 unspecified atom stereocenters. The number of carbonyl (C=O) groups excluding carboxylic acids is 2. The van der Waals surface area contributed by atoms with E-state index >= 15 is 0 Å². The van der Waals surface area contributed by atoms with Crippen LogP contribution in [0.2, 0.25) is 0 Å². The van der Waals surface area contributed by atoms with E-state index in [9.17, 15) is 14.0 Å². The van der Waals surface area contributed by atoms with Gasteiger partial charge in [0, 0.05) is 43.7 Å². The second-order valence-electron chi connectivity index (χ2n) is 6.97. The molecule has 4 rings (SSSR count). The quantitative estimate of drug-likeness (QED) is 0.819. The number of fused-ring (bicyclic) bond motifs is 1. The summed E-state index contributed by atoms with van der Waals surface area (Å²) in [5.41, 5.74) is 2.66. The lowest BCUT2D eigenvalue weighted by atomic mass is 10.1. The van der Waals surface area contributed by atoms with Gasteiger partial charge in [0.2, 0.25) is 0 Å². The average molecular weight is 368 g/mol. The molecule has 140 valence electrons. The van der Waals surface area contributed by atoms with Gasteiger partial charge in [-0.2, -0.15) is 0 Å². The monoisotopic (exact) mass is 368 g/mol. The fraction of sp³-hybridized carbons (Fsp3) is 0.333. The van der Waals surface area contributed by atoms with E-state index in [1.807, 2.05) is 12.1 Å². The first kappa shape index (κ1) is 17.5. The Morgan fingerprint density at radius 1 is 0.926 bits per heavy atom. The molecule has 5 nitrogen and oxygen atoms in total. The van der Waals surface area contributed by atoms with Gasteiger partial charge >= 0.3 is 0 Å². The van der Waals surface area contributed by atoms with Crippen molar-refractivity contribution < 1.29 is 18.7 Å². The maximum Gasteiger partial charge on any atom is 0.253 e. The van der Waals surface area contributed by atoms with E-state index < -0.39 is 0 Å². The Hall–Kier alpha value is -2.89. The molecule has 0 N–H and O–H groups in total. The molecule has 2 aliphatic rings. The number of piperazine rings is 1. The third-order valence-corrected chi connectivity index (χ3v) is 5.20. The van der Waals surface area contributed by atoms with Crippen molar-refractivity contribution in [1.29, 1.82) is 0 Å². The van der Waals surface area contributed by atoms with Crippen molar-refractivity contribution in [2.24, 2.45) is 0 Å². The van der Waals surface area contributed by atoms with Gasteiger partial charge < -0.3 is 14.5 Å². The van der Waals surface area contributed by atoms with Crippen molar-refractivity contribution >= 4 is 11.8 Å². The summed E-state index contributed by atoms with van der Waals surface area (Å²) in [6.45, 7) is 4.21. The van der Waals surface area contributed by atoms with Gasteiger partial charge in [-0.3, -0.25) is 9.59 Å². The van der Waals surface area contributed by atoms with Crippen molar-refractivity contribution in [3.05, 3.63) is 64.5 Å². The van der Waals surface area contributed by atoms with Crippen LogP contribution in [0.1, 0.15) is 31.8 Å². The van der Waals surface area contributed by atoms with Crippen LogP contribution in [0.5, 0.6) is 5.75 Å². The normalized spacial score (nSPS) is 16.1. The third kappa shape index (κ3) is 3.39. The zero-order valence-electron chi connectivity index (χ0n) is 15.2.